The van der Waals surface area contributed by atoms with Gasteiger partial charge in [0.25, 0.3) is 0 Å². The van der Waals surface area contributed by atoms with Gasteiger partial charge in [0.1, 0.15) is 6.04 Å². The molecule has 0 spiro atoms. The van der Waals surface area contributed by atoms with E-state index in [1.165, 1.54) is 0 Å². The molecule has 4 nitrogen and oxygen atoms in total. The summed E-state index contributed by atoms with van der Waals surface area (Å²) in [5.41, 5.74) is 5.53. The molecule has 0 saturated heterocycles. The van der Waals surface area contributed by atoms with E-state index in [0.29, 0.717) is 0 Å². The van der Waals surface area contributed by atoms with Crippen molar-refractivity contribution in [2.24, 2.45) is 5.73 Å². The van der Waals surface area contributed by atoms with E-state index < -0.39 is 12.0 Å². The molecule has 0 aromatic rings. The van der Waals surface area contributed by atoms with Crippen molar-refractivity contribution in [2.75, 3.05) is 0 Å². The first-order valence-electron chi connectivity index (χ1n) is 3.69. The average molecular weight is 160 g/mol. The van der Waals surface area contributed by atoms with Crippen LogP contribution in [0.5, 0.6) is 0 Å². The highest BCUT2D eigenvalue weighted by molar-refractivity contribution is 5.72. The summed E-state index contributed by atoms with van der Waals surface area (Å²) in [5.74, 6) is -0.850. The minimum atomic E-state index is -0.850. The second-order valence-electron chi connectivity index (χ2n) is 2.87. The highest BCUT2D eigenvalue weighted by Crippen LogP contribution is 1.90. The van der Waals surface area contributed by atoms with Crippen molar-refractivity contribution < 1.29 is 9.90 Å². The molecule has 4 N–H and O–H groups in total. The number of carbonyl (C=O) groups is 1. The van der Waals surface area contributed by atoms with E-state index in [-0.39, 0.29) is 12.1 Å². The van der Waals surface area contributed by atoms with Gasteiger partial charge in [0.05, 0.1) is 0 Å². The average Bonchev–Trinajstić information content (AvgIpc) is 1.87. The van der Waals surface area contributed by atoms with Crippen LogP contribution in [0.3, 0.4) is 0 Å². The smallest absolute Gasteiger partial charge is 0.320 e. The lowest BCUT2D eigenvalue weighted by Crippen LogP contribution is -2.47. The third-order valence-electron chi connectivity index (χ3n) is 1.67. The van der Waals surface area contributed by atoms with Crippen LogP contribution in [-0.2, 0) is 4.79 Å². The molecule has 0 heterocycles. The molecule has 0 aromatic heterocycles. The second-order valence-corrected chi connectivity index (χ2v) is 2.87. The second kappa shape index (κ2) is 4.31. The number of carboxylic acids is 1. The number of hydrogen-bond acceptors (Lipinski definition) is 3. The van der Waals surface area contributed by atoms with Crippen molar-refractivity contribution in [1.29, 1.82) is 0 Å². The molecule has 0 saturated carbocycles. The summed E-state index contributed by atoms with van der Waals surface area (Å²) in [6.45, 7) is 5.30. The lowest BCUT2D eigenvalue weighted by Gasteiger charge is -2.19. The van der Waals surface area contributed by atoms with E-state index in [0.717, 1.165) is 0 Å². The van der Waals surface area contributed by atoms with Crippen LogP contribution in [-0.4, -0.2) is 29.2 Å². The zero-order chi connectivity index (χ0) is 9.02. The molecule has 0 aromatic carbocycles. The molecule has 0 aliphatic rings. The normalized spacial score (nSPS) is 18.9. The predicted molar refractivity (Wildman–Crippen MR) is 43.3 cm³/mol. The van der Waals surface area contributed by atoms with Crippen molar-refractivity contribution in [1.82, 2.24) is 5.32 Å². The molecule has 11 heavy (non-hydrogen) atoms. The van der Waals surface area contributed by atoms with Gasteiger partial charge in [0, 0.05) is 12.1 Å². The summed E-state index contributed by atoms with van der Waals surface area (Å²) in [5, 5.41) is 11.4. The Morgan fingerprint density at radius 3 is 2.18 bits per heavy atom. The van der Waals surface area contributed by atoms with Crippen molar-refractivity contribution in [3.63, 3.8) is 0 Å². The van der Waals surface area contributed by atoms with Gasteiger partial charge in [0.15, 0.2) is 0 Å². The lowest BCUT2D eigenvalue weighted by atomic mass is 10.1. The molecule has 0 aliphatic heterocycles. The highest BCUT2D eigenvalue weighted by Gasteiger charge is 2.15. The Morgan fingerprint density at radius 1 is 1.45 bits per heavy atom. The molecule has 3 atom stereocenters. The van der Waals surface area contributed by atoms with E-state index in [2.05, 4.69) is 5.32 Å². The van der Waals surface area contributed by atoms with Crippen LogP contribution in [0.15, 0.2) is 0 Å². The molecule has 0 radical (unpaired) electrons. The first kappa shape index (κ1) is 10.4. The zero-order valence-corrected chi connectivity index (χ0v) is 7.16. The molecule has 0 amide bonds. The molecular weight excluding hydrogens is 144 g/mol. The van der Waals surface area contributed by atoms with Crippen molar-refractivity contribution in [3.8, 4) is 0 Å². The Bertz CT molecular complexity index is 136. The monoisotopic (exact) mass is 160 g/mol. The summed E-state index contributed by atoms with van der Waals surface area (Å²) in [6, 6.07) is -0.533. The lowest BCUT2D eigenvalue weighted by molar-refractivity contribution is -0.139. The van der Waals surface area contributed by atoms with Crippen LogP contribution in [0.2, 0.25) is 0 Å². The van der Waals surface area contributed by atoms with E-state index in [4.69, 9.17) is 10.8 Å². The number of aliphatic carboxylic acids is 1. The fourth-order valence-electron chi connectivity index (χ4n) is 0.617. The summed E-state index contributed by atoms with van der Waals surface area (Å²) in [4.78, 5) is 10.4. The van der Waals surface area contributed by atoms with Gasteiger partial charge in [-0.3, -0.25) is 4.79 Å². The maximum absolute atomic E-state index is 10.4. The first-order valence-corrected chi connectivity index (χ1v) is 3.69. The van der Waals surface area contributed by atoms with Gasteiger partial charge in [-0.05, 0) is 20.8 Å². The third-order valence-corrected chi connectivity index (χ3v) is 1.67. The Balaban J connectivity index is 3.75. The van der Waals surface area contributed by atoms with Crippen molar-refractivity contribution in [2.45, 2.75) is 38.9 Å². The molecule has 66 valence electrons. The Morgan fingerprint density at radius 2 is 1.91 bits per heavy atom. The summed E-state index contributed by atoms with van der Waals surface area (Å²) in [7, 11) is 0. The van der Waals surface area contributed by atoms with Gasteiger partial charge in [-0.15, -0.1) is 0 Å². The maximum atomic E-state index is 10.4. The van der Waals surface area contributed by atoms with Crippen molar-refractivity contribution in [3.05, 3.63) is 0 Å². The standard InChI is InChI=1S/C7H16N2O2/c1-4(8)5(2)9-6(3)7(10)11/h4-6,9H,8H2,1-3H3,(H,10,11). The quantitative estimate of drug-likeness (QED) is 0.531. The number of nitrogens with two attached hydrogens (primary N) is 1. The predicted octanol–water partition coefficient (Wildman–Crippen LogP) is -0.215. The van der Waals surface area contributed by atoms with Crippen LogP contribution < -0.4 is 11.1 Å². The number of carboxylic acid groups (broad SMARTS) is 1. The number of hydrogen-bond donors (Lipinski definition) is 3. The van der Waals surface area contributed by atoms with E-state index in [9.17, 15) is 4.79 Å². The molecule has 0 bridgehead atoms. The minimum Gasteiger partial charge on any atom is -0.480 e. The van der Waals surface area contributed by atoms with E-state index in [1.54, 1.807) is 6.92 Å². The summed E-state index contributed by atoms with van der Waals surface area (Å²) in [6.07, 6.45) is 0. The Hall–Kier alpha value is -0.610. The fourth-order valence-corrected chi connectivity index (χ4v) is 0.617. The molecule has 0 fully saturated rings. The highest BCUT2D eigenvalue weighted by atomic mass is 16.4. The van der Waals surface area contributed by atoms with Gasteiger partial charge >= 0.3 is 5.97 Å². The van der Waals surface area contributed by atoms with Crippen LogP contribution in [0.1, 0.15) is 20.8 Å². The molecule has 0 aliphatic carbocycles. The number of rotatable bonds is 4. The van der Waals surface area contributed by atoms with Crippen LogP contribution >= 0.6 is 0 Å². The zero-order valence-electron chi connectivity index (χ0n) is 7.16. The van der Waals surface area contributed by atoms with E-state index >= 15 is 0 Å². The van der Waals surface area contributed by atoms with Gasteiger partial charge in [-0.2, -0.15) is 0 Å². The maximum Gasteiger partial charge on any atom is 0.320 e. The molecular formula is C7H16N2O2. The van der Waals surface area contributed by atoms with Gasteiger partial charge in [0.2, 0.25) is 0 Å². The van der Waals surface area contributed by atoms with Gasteiger partial charge < -0.3 is 16.2 Å². The molecule has 3 unspecified atom stereocenters. The van der Waals surface area contributed by atoms with Crippen LogP contribution in [0.25, 0.3) is 0 Å². The van der Waals surface area contributed by atoms with Crippen LogP contribution in [0, 0.1) is 0 Å². The SMILES string of the molecule is CC(NC(C)C(C)N)C(=O)O. The molecule has 4 heteroatoms. The summed E-state index contributed by atoms with van der Waals surface area (Å²) < 4.78 is 0. The minimum absolute atomic E-state index is 0.0288. The van der Waals surface area contributed by atoms with Gasteiger partial charge in [-0.25, -0.2) is 0 Å². The summed E-state index contributed by atoms with van der Waals surface area (Å²) >= 11 is 0. The van der Waals surface area contributed by atoms with E-state index in [1.807, 2.05) is 13.8 Å². The molecule has 0 rings (SSSR count). The topological polar surface area (TPSA) is 75.3 Å². The Kier molecular flexibility index (Phi) is 4.07. The third kappa shape index (κ3) is 3.95. The van der Waals surface area contributed by atoms with Crippen molar-refractivity contribution >= 4 is 5.97 Å². The largest absolute Gasteiger partial charge is 0.480 e. The Labute approximate surface area is 66.8 Å². The van der Waals surface area contributed by atoms with Gasteiger partial charge in [-0.1, -0.05) is 0 Å². The number of nitrogens with one attached hydrogen (secondary N) is 1. The fraction of sp³-hybridized carbons (Fsp3) is 0.857. The first-order chi connectivity index (χ1) is 4.95. The van der Waals surface area contributed by atoms with Crippen LogP contribution in [0.4, 0.5) is 0 Å².